The van der Waals surface area contributed by atoms with E-state index in [1.54, 1.807) is 24.3 Å². The van der Waals surface area contributed by atoms with Crippen LogP contribution in [0.3, 0.4) is 0 Å². The molecule has 0 aliphatic rings. The van der Waals surface area contributed by atoms with Gasteiger partial charge in [0.1, 0.15) is 6.73 Å². The molecule has 1 amide bonds. The molecule has 1 rings (SSSR count). The third kappa shape index (κ3) is 3.06. The van der Waals surface area contributed by atoms with Crippen LogP contribution in [0.25, 0.3) is 0 Å². The second-order valence-corrected chi connectivity index (χ2v) is 2.76. The van der Waals surface area contributed by atoms with E-state index in [1.807, 2.05) is 6.92 Å². The standard InChI is InChI=1S/C10H14N2O2/c1-2-14-7-12-9-5-3-8(4-6-9)10(11)13/h3-6,12H,2,7H2,1H3,(H2,11,13). The summed E-state index contributed by atoms with van der Waals surface area (Å²) < 4.78 is 5.11. The summed E-state index contributed by atoms with van der Waals surface area (Å²) in [7, 11) is 0. The van der Waals surface area contributed by atoms with Crippen LogP contribution in [0.5, 0.6) is 0 Å². The van der Waals surface area contributed by atoms with Gasteiger partial charge in [-0.3, -0.25) is 4.79 Å². The van der Waals surface area contributed by atoms with E-state index in [0.29, 0.717) is 18.9 Å². The van der Waals surface area contributed by atoms with Crippen molar-refractivity contribution in [2.75, 3.05) is 18.7 Å². The number of hydrogen-bond acceptors (Lipinski definition) is 3. The highest BCUT2D eigenvalue weighted by molar-refractivity contribution is 5.93. The average Bonchev–Trinajstić information content (AvgIpc) is 2.19. The predicted molar refractivity (Wildman–Crippen MR) is 55.1 cm³/mol. The fourth-order valence-corrected chi connectivity index (χ4v) is 0.989. The van der Waals surface area contributed by atoms with Crippen LogP contribution in [-0.4, -0.2) is 19.2 Å². The lowest BCUT2D eigenvalue weighted by atomic mass is 10.2. The third-order valence-corrected chi connectivity index (χ3v) is 1.75. The first-order valence-electron chi connectivity index (χ1n) is 4.45. The van der Waals surface area contributed by atoms with Crippen molar-refractivity contribution in [3.05, 3.63) is 29.8 Å². The zero-order valence-corrected chi connectivity index (χ0v) is 8.12. The van der Waals surface area contributed by atoms with Crippen molar-refractivity contribution in [3.8, 4) is 0 Å². The number of carbonyl (C=O) groups excluding carboxylic acids is 1. The van der Waals surface area contributed by atoms with Crippen LogP contribution in [0, 0.1) is 0 Å². The number of anilines is 1. The van der Waals surface area contributed by atoms with Crippen molar-refractivity contribution in [1.29, 1.82) is 0 Å². The highest BCUT2D eigenvalue weighted by Crippen LogP contribution is 2.08. The SMILES string of the molecule is CCOCNc1ccc(C(N)=O)cc1. The Morgan fingerprint density at radius 3 is 2.57 bits per heavy atom. The van der Waals surface area contributed by atoms with E-state index >= 15 is 0 Å². The van der Waals surface area contributed by atoms with Gasteiger partial charge in [0, 0.05) is 17.9 Å². The highest BCUT2D eigenvalue weighted by atomic mass is 16.5. The molecule has 3 N–H and O–H groups in total. The monoisotopic (exact) mass is 194 g/mol. The fourth-order valence-electron chi connectivity index (χ4n) is 0.989. The second kappa shape index (κ2) is 5.24. The molecule has 4 heteroatoms. The van der Waals surface area contributed by atoms with Gasteiger partial charge in [-0.05, 0) is 31.2 Å². The third-order valence-electron chi connectivity index (χ3n) is 1.75. The van der Waals surface area contributed by atoms with Crippen LogP contribution < -0.4 is 11.1 Å². The van der Waals surface area contributed by atoms with Crippen molar-refractivity contribution in [3.63, 3.8) is 0 Å². The Morgan fingerprint density at radius 1 is 1.43 bits per heavy atom. The summed E-state index contributed by atoms with van der Waals surface area (Å²) in [6.07, 6.45) is 0. The summed E-state index contributed by atoms with van der Waals surface area (Å²) >= 11 is 0. The van der Waals surface area contributed by atoms with E-state index in [1.165, 1.54) is 0 Å². The number of carbonyl (C=O) groups is 1. The molecule has 0 heterocycles. The molecule has 0 atom stereocenters. The second-order valence-electron chi connectivity index (χ2n) is 2.76. The molecule has 0 saturated carbocycles. The smallest absolute Gasteiger partial charge is 0.248 e. The minimum absolute atomic E-state index is 0.415. The Kier molecular flexibility index (Phi) is 3.94. The summed E-state index contributed by atoms with van der Waals surface area (Å²) in [5.41, 5.74) is 6.51. The highest BCUT2D eigenvalue weighted by Gasteiger charge is 1.98. The lowest BCUT2D eigenvalue weighted by molar-refractivity contribution is 0.100. The minimum Gasteiger partial charge on any atom is -0.366 e. The van der Waals surface area contributed by atoms with Gasteiger partial charge in [-0.2, -0.15) is 0 Å². The van der Waals surface area contributed by atoms with E-state index < -0.39 is 5.91 Å². The van der Waals surface area contributed by atoms with Crippen molar-refractivity contribution >= 4 is 11.6 Å². The number of ether oxygens (including phenoxy) is 1. The molecular weight excluding hydrogens is 180 g/mol. The quantitative estimate of drug-likeness (QED) is 0.546. The lowest BCUT2D eigenvalue weighted by Gasteiger charge is -2.05. The average molecular weight is 194 g/mol. The Morgan fingerprint density at radius 2 is 2.07 bits per heavy atom. The number of nitrogens with one attached hydrogen (secondary N) is 1. The Hall–Kier alpha value is -1.55. The van der Waals surface area contributed by atoms with Gasteiger partial charge in [0.15, 0.2) is 0 Å². The summed E-state index contributed by atoms with van der Waals surface area (Å²) in [6.45, 7) is 3.07. The van der Waals surface area contributed by atoms with Crippen LogP contribution in [0.4, 0.5) is 5.69 Å². The molecule has 0 aliphatic carbocycles. The minimum atomic E-state index is -0.415. The fraction of sp³-hybridized carbons (Fsp3) is 0.300. The van der Waals surface area contributed by atoms with E-state index in [2.05, 4.69) is 5.32 Å². The number of amides is 1. The van der Waals surface area contributed by atoms with Crippen LogP contribution in [0.15, 0.2) is 24.3 Å². The molecule has 14 heavy (non-hydrogen) atoms. The van der Waals surface area contributed by atoms with Crippen molar-refractivity contribution < 1.29 is 9.53 Å². The summed E-state index contributed by atoms with van der Waals surface area (Å²) in [5.74, 6) is -0.415. The van der Waals surface area contributed by atoms with Gasteiger partial charge in [-0.1, -0.05) is 0 Å². The first-order valence-corrected chi connectivity index (χ1v) is 4.45. The summed E-state index contributed by atoms with van der Waals surface area (Å²) in [6, 6.07) is 6.94. The van der Waals surface area contributed by atoms with E-state index in [4.69, 9.17) is 10.5 Å². The van der Waals surface area contributed by atoms with E-state index in [9.17, 15) is 4.79 Å². The lowest BCUT2D eigenvalue weighted by Crippen LogP contribution is -2.11. The number of nitrogens with two attached hydrogens (primary N) is 1. The maximum Gasteiger partial charge on any atom is 0.248 e. The molecule has 0 aromatic heterocycles. The van der Waals surface area contributed by atoms with Gasteiger partial charge in [0.25, 0.3) is 0 Å². The maximum absolute atomic E-state index is 10.7. The molecule has 0 fully saturated rings. The number of benzene rings is 1. The maximum atomic E-state index is 10.7. The van der Waals surface area contributed by atoms with Crippen molar-refractivity contribution in [1.82, 2.24) is 0 Å². The van der Waals surface area contributed by atoms with Crippen molar-refractivity contribution in [2.24, 2.45) is 5.73 Å². The first kappa shape index (κ1) is 10.5. The van der Waals surface area contributed by atoms with Gasteiger partial charge >= 0.3 is 0 Å². The number of primary amides is 1. The van der Waals surface area contributed by atoms with Crippen LogP contribution in [0.1, 0.15) is 17.3 Å². The van der Waals surface area contributed by atoms with Gasteiger partial charge < -0.3 is 15.8 Å². The Balaban J connectivity index is 2.51. The molecule has 0 unspecified atom stereocenters. The van der Waals surface area contributed by atoms with Gasteiger partial charge in [0.2, 0.25) is 5.91 Å². The predicted octanol–water partition coefficient (Wildman–Crippen LogP) is 1.19. The van der Waals surface area contributed by atoms with E-state index in [0.717, 1.165) is 5.69 Å². The van der Waals surface area contributed by atoms with Crippen LogP contribution in [0.2, 0.25) is 0 Å². The normalized spacial score (nSPS) is 9.79. The van der Waals surface area contributed by atoms with Gasteiger partial charge in [-0.25, -0.2) is 0 Å². The molecule has 0 aliphatic heterocycles. The first-order chi connectivity index (χ1) is 6.74. The number of rotatable bonds is 5. The summed E-state index contributed by atoms with van der Waals surface area (Å²) in [4.78, 5) is 10.7. The summed E-state index contributed by atoms with van der Waals surface area (Å²) in [5, 5.41) is 3.04. The molecule has 0 saturated heterocycles. The zero-order chi connectivity index (χ0) is 10.4. The topological polar surface area (TPSA) is 64.3 Å². The Bertz CT molecular complexity index is 295. The van der Waals surface area contributed by atoms with Gasteiger partial charge in [-0.15, -0.1) is 0 Å². The molecule has 0 bridgehead atoms. The molecule has 4 nitrogen and oxygen atoms in total. The molecule has 0 radical (unpaired) electrons. The molecule has 76 valence electrons. The number of hydrogen-bond donors (Lipinski definition) is 2. The largest absolute Gasteiger partial charge is 0.366 e. The van der Waals surface area contributed by atoms with Crippen molar-refractivity contribution in [2.45, 2.75) is 6.92 Å². The Labute approximate surface area is 83.1 Å². The molecule has 0 spiro atoms. The van der Waals surface area contributed by atoms with E-state index in [-0.39, 0.29) is 0 Å². The van der Waals surface area contributed by atoms with Crippen LogP contribution in [-0.2, 0) is 4.74 Å². The zero-order valence-electron chi connectivity index (χ0n) is 8.12. The molecule has 1 aromatic carbocycles. The van der Waals surface area contributed by atoms with Gasteiger partial charge in [0.05, 0.1) is 0 Å². The molecular formula is C10H14N2O2. The molecule has 1 aromatic rings. The van der Waals surface area contributed by atoms with Crippen LogP contribution >= 0.6 is 0 Å².